The molecule has 0 spiro atoms. The average molecular weight is 561 g/mol. The zero-order chi connectivity index (χ0) is 27.5. The van der Waals surface area contributed by atoms with E-state index in [1.54, 1.807) is 18.5 Å². The predicted molar refractivity (Wildman–Crippen MR) is 149 cm³/mol. The summed E-state index contributed by atoms with van der Waals surface area (Å²) in [6.07, 6.45) is 9.26. The fourth-order valence-corrected chi connectivity index (χ4v) is 5.51. The van der Waals surface area contributed by atoms with Crippen molar-refractivity contribution in [2.75, 3.05) is 19.7 Å². The Morgan fingerprint density at radius 1 is 1.10 bits per heavy atom. The normalized spacial score (nSPS) is 17.9. The molecule has 1 unspecified atom stereocenters. The Labute approximate surface area is 236 Å². The maximum Gasteiger partial charge on any atom is 0.328 e. The van der Waals surface area contributed by atoms with E-state index < -0.39 is 5.97 Å². The van der Waals surface area contributed by atoms with E-state index in [0.29, 0.717) is 42.2 Å². The number of rotatable bonds is 8. The van der Waals surface area contributed by atoms with E-state index in [1.807, 2.05) is 41.0 Å². The molecule has 0 saturated carbocycles. The SMILES string of the molecule is O=C(O)/C=C/c1cnc(CN2CCC(c3cccc4c3OCC(c3ccc(Cl)cc3)O4)CC2)n1Cc1ncco1. The summed E-state index contributed by atoms with van der Waals surface area (Å²) in [5, 5.41) is 9.78. The number of benzene rings is 2. The van der Waals surface area contributed by atoms with Crippen molar-refractivity contribution in [2.45, 2.75) is 38.0 Å². The number of piperidine rings is 1. The van der Waals surface area contributed by atoms with Crippen LogP contribution in [0.1, 0.15) is 53.4 Å². The Morgan fingerprint density at radius 3 is 2.67 bits per heavy atom. The van der Waals surface area contributed by atoms with Crippen LogP contribution in [0.15, 0.2) is 71.6 Å². The maximum atomic E-state index is 11.1. The number of aromatic nitrogens is 3. The Balaban J connectivity index is 1.12. The second kappa shape index (κ2) is 11.6. The molecule has 40 heavy (non-hydrogen) atoms. The van der Waals surface area contributed by atoms with Crippen molar-refractivity contribution in [2.24, 2.45) is 0 Å². The van der Waals surface area contributed by atoms with Crippen molar-refractivity contribution in [1.82, 2.24) is 19.4 Å². The number of carbonyl (C=O) groups is 1. The Bertz CT molecular complexity index is 1490. The number of aliphatic carboxylic acids is 1. The summed E-state index contributed by atoms with van der Waals surface area (Å²) in [6.45, 7) is 3.27. The van der Waals surface area contributed by atoms with E-state index >= 15 is 0 Å². The minimum Gasteiger partial charge on any atom is -0.485 e. The number of hydrogen-bond acceptors (Lipinski definition) is 7. The molecule has 1 saturated heterocycles. The third kappa shape index (κ3) is 5.76. The van der Waals surface area contributed by atoms with Crippen LogP contribution < -0.4 is 9.47 Å². The van der Waals surface area contributed by atoms with Gasteiger partial charge < -0.3 is 23.6 Å². The zero-order valence-electron chi connectivity index (χ0n) is 21.8. The number of para-hydroxylation sites is 1. The van der Waals surface area contributed by atoms with Crippen molar-refractivity contribution < 1.29 is 23.8 Å². The Hall–Kier alpha value is -4.08. The summed E-state index contributed by atoms with van der Waals surface area (Å²) in [5.41, 5.74) is 2.92. The van der Waals surface area contributed by atoms with Gasteiger partial charge in [-0.15, -0.1) is 0 Å². The van der Waals surface area contributed by atoms with Crippen LogP contribution in [0.2, 0.25) is 5.02 Å². The van der Waals surface area contributed by atoms with Gasteiger partial charge in [-0.1, -0.05) is 35.9 Å². The number of carboxylic acid groups (broad SMARTS) is 1. The zero-order valence-corrected chi connectivity index (χ0v) is 22.5. The molecule has 9 nitrogen and oxygen atoms in total. The smallest absolute Gasteiger partial charge is 0.328 e. The quantitative estimate of drug-likeness (QED) is 0.279. The van der Waals surface area contributed by atoms with Gasteiger partial charge in [0, 0.05) is 16.7 Å². The number of nitrogens with zero attached hydrogens (tertiary/aromatic N) is 4. The van der Waals surface area contributed by atoms with E-state index in [4.69, 9.17) is 30.6 Å². The third-order valence-corrected chi connectivity index (χ3v) is 7.69. The molecular formula is C30H29ClN4O5. The molecule has 0 aliphatic carbocycles. The van der Waals surface area contributed by atoms with E-state index in [1.165, 1.54) is 11.8 Å². The number of fused-ring (bicyclic) bond motifs is 1. The van der Waals surface area contributed by atoms with Crippen molar-refractivity contribution in [3.8, 4) is 11.5 Å². The fraction of sp³-hybridized carbons (Fsp3) is 0.300. The Morgan fingerprint density at radius 2 is 1.93 bits per heavy atom. The lowest BCUT2D eigenvalue weighted by Gasteiger charge is -2.34. The molecule has 2 aromatic carbocycles. The molecule has 0 radical (unpaired) electrons. The molecule has 6 rings (SSSR count). The number of carboxylic acids is 1. The molecule has 1 atom stereocenters. The lowest BCUT2D eigenvalue weighted by molar-refractivity contribution is -0.131. The van der Waals surface area contributed by atoms with E-state index in [2.05, 4.69) is 20.9 Å². The first-order valence-corrected chi connectivity index (χ1v) is 13.7. The number of hydrogen-bond donors (Lipinski definition) is 1. The predicted octanol–water partition coefficient (Wildman–Crippen LogP) is 5.56. The first-order chi connectivity index (χ1) is 19.5. The van der Waals surface area contributed by atoms with Crippen molar-refractivity contribution in [3.63, 3.8) is 0 Å². The van der Waals surface area contributed by atoms with Crippen molar-refractivity contribution >= 4 is 23.6 Å². The summed E-state index contributed by atoms with van der Waals surface area (Å²) in [6, 6.07) is 13.8. The fourth-order valence-electron chi connectivity index (χ4n) is 5.39. The van der Waals surface area contributed by atoms with Gasteiger partial charge >= 0.3 is 5.97 Å². The molecule has 0 amide bonds. The summed E-state index contributed by atoms with van der Waals surface area (Å²) in [5.74, 6) is 2.36. The molecule has 4 heterocycles. The van der Waals surface area contributed by atoms with E-state index in [0.717, 1.165) is 54.9 Å². The highest BCUT2D eigenvalue weighted by molar-refractivity contribution is 6.30. The standard InChI is InChI=1S/C30H29ClN4O5/c31-22-6-4-21(5-7-22)26-19-39-30-24(2-1-3-25(30)40-26)20-10-13-34(14-11-20)17-27-33-16-23(8-9-29(36)37)35(27)18-28-32-12-15-38-28/h1-9,12,15-16,20,26H,10-11,13-14,17-19H2,(H,36,37)/b9-8+. The van der Waals surface area contributed by atoms with E-state index in [9.17, 15) is 4.79 Å². The van der Waals surface area contributed by atoms with Gasteiger partial charge in [-0.2, -0.15) is 0 Å². The van der Waals surface area contributed by atoms with Crippen LogP contribution in [0.5, 0.6) is 11.5 Å². The summed E-state index contributed by atoms with van der Waals surface area (Å²) in [4.78, 5) is 22.3. The molecule has 1 N–H and O–H groups in total. The monoisotopic (exact) mass is 560 g/mol. The largest absolute Gasteiger partial charge is 0.485 e. The van der Waals surface area contributed by atoms with E-state index in [-0.39, 0.29) is 6.10 Å². The molecule has 206 valence electrons. The summed E-state index contributed by atoms with van der Waals surface area (Å²) in [7, 11) is 0. The highest BCUT2D eigenvalue weighted by atomic mass is 35.5. The number of imidazole rings is 1. The minimum atomic E-state index is -1.01. The van der Waals surface area contributed by atoms with Crippen LogP contribution in [0.4, 0.5) is 0 Å². The van der Waals surface area contributed by atoms with Gasteiger partial charge in [0.1, 0.15) is 25.2 Å². The molecule has 2 aliphatic rings. The van der Waals surface area contributed by atoms with Gasteiger partial charge in [-0.3, -0.25) is 4.90 Å². The van der Waals surface area contributed by atoms with Crippen LogP contribution in [0.3, 0.4) is 0 Å². The molecule has 4 aromatic rings. The van der Waals surface area contributed by atoms with Gasteiger partial charge in [0.15, 0.2) is 17.6 Å². The average Bonchev–Trinajstić information content (AvgIpc) is 3.62. The third-order valence-electron chi connectivity index (χ3n) is 7.43. The minimum absolute atomic E-state index is 0.169. The molecule has 10 heteroatoms. The number of ether oxygens (including phenoxy) is 2. The lowest BCUT2D eigenvalue weighted by atomic mass is 9.88. The highest BCUT2D eigenvalue weighted by Gasteiger charge is 2.30. The molecule has 2 aromatic heterocycles. The molecule has 1 fully saturated rings. The highest BCUT2D eigenvalue weighted by Crippen LogP contribution is 2.44. The molecular weight excluding hydrogens is 532 g/mol. The van der Waals surface area contributed by atoms with Crippen LogP contribution in [0, 0.1) is 0 Å². The summed E-state index contributed by atoms with van der Waals surface area (Å²) >= 11 is 6.05. The van der Waals surface area contributed by atoms with Crippen LogP contribution in [-0.2, 0) is 17.9 Å². The number of likely N-dealkylation sites (tertiary alicyclic amines) is 1. The Kier molecular flexibility index (Phi) is 7.57. The van der Waals surface area contributed by atoms with Crippen LogP contribution in [0.25, 0.3) is 6.08 Å². The van der Waals surface area contributed by atoms with Gasteiger partial charge in [0.05, 0.1) is 24.6 Å². The topological polar surface area (TPSA) is 103 Å². The summed E-state index contributed by atoms with van der Waals surface area (Å²) < 4.78 is 20.0. The number of halogens is 1. The van der Waals surface area contributed by atoms with Crippen LogP contribution in [-0.4, -0.2) is 50.2 Å². The van der Waals surface area contributed by atoms with Gasteiger partial charge in [-0.05, 0) is 61.7 Å². The van der Waals surface area contributed by atoms with Crippen LogP contribution >= 0.6 is 11.6 Å². The molecule has 2 aliphatic heterocycles. The van der Waals surface area contributed by atoms with Gasteiger partial charge in [0.2, 0.25) is 5.89 Å². The van der Waals surface area contributed by atoms with Crippen molar-refractivity contribution in [3.05, 3.63) is 101 Å². The lowest BCUT2D eigenvalue weighted by Crippen LogP contribution is -2.34. The first-order valence-electron chi connectivity index (χ1n) is 13.3. The van der Waals surface area contributed by atoms with Gasteiger partial charge in [0.25, 0.3) is 0 Å². The maximum absolute atomic E-state index is 11.1. The van der Waals surface area contributed by atoms with Crippen molar-refractivity contribution in [1.29, 1.82) is 0 Å². The number of oxazole rings is 1. The molecule has 0 bridgehead atoms. The second-order valence-electron chi connectivity index (χ2n) is 9.98. The van der Waals surface area contributed by atoms with Gasteiger partial charge in [-0.25, -0.2) is 14.8 Å². The second-order valence-corrected chi connectivity index (χ2v) is 10.4. The first kappa shape index (κ1) is 26.2.